The van der Waals surface area contributed by atoms with Gasteiger partial charge in [-0.3, -0.25) is 4.57 Å². The molecule has 1 heterocycles. The summed E-state index contributed by atoms with van der Waals surface area (Å²) in [5.74, 6) is 0.954. The average Bonchev–Trinajstić information content (AvgIpc) is 2.98. The van der Waals surface area contributed by atoms with Crippen molar-refractivity contribution >= 4 is 11.8 Å². The molecule has 0 N–H and O–H groups in total. The van der Waals surface area contributed by atoms with Crippen LogP contribution in [-0.4, -0.2) is 20.0 Å². The number of thioether (sulfide) groups is 1. The van der Waals surface area contributed by atoms with Crippen molar-refractivity contribution in [2.45, 2.75) is 95.9 Å². The fraction of sp³-hybridized carbons (Fsp3) is 0.636. The third kappa shape index (κ3) is 6.79. The van der Waals surface area contributed by atoms with E-state index in [1.807, 2.05) is 18.7 Å². The van der Waals surface area contributed by atoms with Gasteiger partial charge in [0.25, 0.3) is 0 Å². The highest BCUT2D eigenvalue weighted by molar-refractivity contribution is 7.99. The van der Waals surface area contributed by atoms with Crippen molar-refractivity contribution in [1.29, 1.82) is 0 Å². The molecule has 0 bridgehead atoms. The minimum Gasteiger partial charge on any atom is -0.274 e. The van der Waals surface area contributed by atoms with Crippen LogP contribution in [0.25, 0.3) is 5.69 Å². The number of hydrogen-bond donors (Lipinski definition) is 0. The van der Waals surface area contributed by atoms with Crippen LogP contribution in [0.4, 0.5) is 0 Å². The molecule has 4 heteroatoms. The molecule has 0 saturated carbocycles. The van der Waals surface area contributed by atoms with Crippen LogP contribution in [0.2, 0.25) is 0 Å². The molecule has 0 amide bonds. The summed E-state index contributed by atoms with van der Waals surface area (Å²) < 4.78 is 2.17. The molecule has 26 heavy (non-hydrogen) atoms. The minimum absolute atomic E-state index is 0.572. The second-order valence-electron chi connectivity index (χ2n) is 7.39. The highest BCUT2D eigenvalue weighted by atomic mass is 32.2. The molecule has 2 rings (SSSR count). The molecule has 0 spiro atoms. The molecule has 0 aliphatic carbocycles. The Morgan fingerprint density at radius 3 is 2.15 bits per heavy atom. The van der Waals surface area contributed by atoms with Gasteiger partial charge >= 0.3 is 0 Å². The fourth-order valence-corrected chi connectivity index (χ4v) is 4.29. The maximum Gasteiger partial charge on any atom is 0.196 e. The lowest BCUT2D eigenvalue weighted by Crippen LogP contribution is -2.03. The van der Waals surface area contributed by atoms with Crippen LogP contribution in [0.3, 0.4) is 0 Å². The fourth-order valence-electron chi connectivity index (χ4n) is 3.21. The van der Waals surface area contributed by atoms with E-state index in [1.54, 1.807) is 0 Å². The third-order valence-corrected chi connectivity index (χ3v) is 5.97. The Labute approximate surface area is 164 Å². The Hall–Kier alpha value is -1.29. The van der Waals surface area contributed by atoms with Crippen molar-refractivity contribution in [3.05, 3.63) is 35.7 Å². The number of rotatable bonds is 12. The van der Waals surface area contributed by atoms with Crippen molar-refractivity contribution in [2.75, 3.05) is 0 Å². The number of aromatic nitrogens is 3. The van der Waals surface area contributed by atoms with E-state index in [9.17, 15) is 0 Å². The Morgan fingerprint density at radius 1 is 0.885 bits per heavy atom. The Kier molecular flexibility index (Phi) is 9.24. The number of benzene rings is 1. The summed E-state index contributed by atoms with van der Waals surface area (Å²) in [6, 6.07) is 8.60. The predicted molar refractivity (Wildman–Crippen MR) is 113 cm³/mol. The first-order valence-corrected chi connectivity index (χ1v) is 11.2. The average molecular weight is 374 g/mol. The standard InChI is InChI=1S/C22H35N3S/c1-5-6-7-8-9-10-11-12-13-19(3)26-22-24-23-20(4)25(22)21-16-14-18(2)15-17-21/h14-17,19H,5-13H2,1-4H3. The van der Waals surface area contributed by atoms with E-state index in [0.717, 1.165) is 16.7 Å². The van der Waals surface area contributed by atoms with E-state index in [-0.39, 0.29) is 0 Å². The summed E-state index contributed by atoms with van der Waals surface area (Å²) in [5, 5.41) is 10.3. The van der Waals surface area contributed by atoms with Gasteiger partial charge in [0.05, 0.1) is 0 Å². The maximum atomic E-state index is 4.42. The highest BCUT2D eigenvalue weighted by Crippen LogP contribution is 2.28. The molecule has 144 valence electrons. The SMILES string of the molecule is CCCCCCCCCCC(C)Sc1nnc(C)n1-c1ccc(C)cc1. The zero-order valence-corrected chi connectivity index (χ0v) is 17.8. The molecule has 1 atom stereocenters. The van der Waals surface area contributed by atoms with Gasteiger partial charge in [-0.05, 0) is 32.4 Å². The van der Waals surface area contributed by atoms with Crippen LogP contribution in [0.1, 0.15) is 83.0 Å². The van der Waals surface area contributed by atoms with E-state index in [4.69, 9.17) is 0 Å². The van der Waals surface area contributed by atoms with Gasteiger partial charge in [0.2, 0.25) is 0 Å². The van der Waals surface area contributed by atoms with E-state index >= 15 is 0 Å². The molecule has 0 radical (unpaired) electrons. The molecule has 0 aliphatic heterocycles. The first kappa shape index (κ1) is 21.0. The summed E-state index contributed by atoms with van der Waals surface area (Å²) in [4.78, 5) is 0. The lowest BCUT2D eigenvalue weighted by molar-refractivity contribution is 0.564. The molecule has 1 unspecified atom stereocenters. The van der Waals surface area contributed by atoms with Gasteiger partial charge in [-0.15, -0.1) is 10.2 Å². The largest absolute Gasteiger partial charge is 0.274 e. The second-order valence-corrected chi connectivity index (χ2v) is 8.80. The Bertz CT molecular complexity index is 633. The van der Waals surface area contributed by atoms with Gasteiger partial charge in [-0.1, -0.05) is 94.7 Å². The zero-order chi connectivity index (χ0) is 18.8. The summed E-state index contributed by atoms with van der Waals surface area (Å²) >= 11 is 1.85. The molecule has 1 aromatic heterocycles. The summed E-state index contributed by atoms with van der Waals surface area (Å²) in [7, 11) is 0. The molecule has 0 aliphatic rings. The van der Waals surface area contributed by atoms with Crippen LogP contribution in [0.5, 0.6) is 0 Å². The van der Waals surface area contributed by atoms with Crippen LogP contribution < -0.4 is 0 Å². The van der Waals surface area contributed by atoms with E-state index in [0.29, 0.717) is 5.25 Å². The van der Waals surface area contributed by atoms with Crippen molar-refractivity contribution < 1.29 is 0 Å². The van der Waals surface area contributed by atoms with Crippen LogP contribution in [-0.2, 0) is 0 Å². The van der Waals surface area contributed by atoms with Crippen molar-refractivity contribution in [1.82, 2.24) is 14.8 Å². The Morgan fingerprint density at radius 2 is 1.50 bits per heavy atom. The molecular formula is C22H35N3S. The first-order chi connectivity index (χ1) is 12.6. The third-order valence-electron chi connectivity index (χ3n) is 4.86. The van der Waals surface area contributed by atoms with Crippen LogP contribution >= 0.6 is 11.8 Å². The molecule has 2 aromatic rings. The highest BCUT2D eigenvalue weighted by Gasteiger charge is 2.14. The van der Waals surface area contributed by atoms with E-state index < -0.39 is 0 Å². The van der Waals surface area contributed by atoms with Crippen molar-refractivity contribution in [2.24, 2.45) is 0 Å². The quantitative estimate of drug-likeness (QED) is 0.299. The van der Waals surface area contributed by atoms with Crippen LogP contribution in [0, 0.1) is 13.8 Å². The van der Waals surface area contributed by atoms with Gasteiger partial charge in [-0.25, -0.2) is 0 Å². The normalized spacial score (nSPS) is 12.5. The van der Waals surface area contributed by atoms with Gasteiger partial charge in [0.15, 0.2) is 5.16 Å². The maximum absolute atomic E-state index is 4.42. The lowest BCUT2D eigenvalue weighted by atomic mass is 10.1. The smallest absolute Gasteiger partial charge is 0.196 e. The predicted octanol–water partition coefficient (Wildman–Crippen LogP) is 6.90. The zero-order valence-electron chi connectivity index (χ0n) is 17.0. The lowest BCUT2D eigenvalue weighted by Gasteiger charge is -2.13. The summed E-state index contributed by atoms with van der Waals surface area (Å²) in [6.07, 6.45) is 12.3. The van der Waals surface area contributed by atoms with E-state index in [1.165, 1.54) is 63.4 Å². The second kappa shape index (κ2) is 11.4. The Balaban J connectivity index is 1.77. The van der Waals surface area contributed by atoms with Crippen LogP contribution in [0.15, 0.2) is 29.4 Å². The molecule has 0 saturated heterocycles. The molecule has 0 fully saturated rings. The number of nitrogens with zero attached hydrogens (tertiary/aromatic N) is 3. The van der Waals surface area contributed by atoms with Crippen molar-refractivity contribution in [3.63, 3.8) is 0 Å². The minimum atomic E-state index is 0.572. The summed E-state index contributed by atoms with van der Waals surface area (Å²) in [5.41, 5.74) is 2.43. The molecular weight excluding hydrogens is 338 g/mol. The first-order valence-electron chi connectivity index (χ1n) is 10.3. The molecule has 1 aromatic carbocycles. The monoisotopic (exact) mass is 373 g/mol. The van der Waals surface area contributed by atoms with Gasteiger partial charge in [-0.2, -0.15) is 0 Å². The van der Waals surface area contributed by atoms with Gasteiger partial charge in [0, 0.05) is 10.9 Å². The number of aryl methyl sites for hydroxylation is 2. The summed E-state index contributed by atoms with van der Waals surface area (Å²) in [6.45, 7) is 8.74. The number of unbranched alkanes of at least 4 members (excludes halogenated alkanes) is 7. The van der Waals surface area contributed by atoms with Crippen molar-refractivity contribution in [3.8, 4) is 5.69 Å². The van der Waals surface area contributed by atoms with E-state index in [2.05, 4.69) is 59.8 Å². The number of hydrogen-bond acceptors (Lipinski definition) is 3. The van der Waals surface area contributed by atoms with Gasteiger partial charge in [0.1, 0.15) is 5.82 Å². The van der Waals surface area contributed by atoms with Gasteiger partial charge < -0.3 is 0 Å². The topological polar surface area (TPSA) is 30.7 Å². The molecule has 3 nitrogen and oxygen atoms in total.